The predicted octanol–water partition coefficient (Wildman–Crippen LogP) is 4.77. The van der Waals surface area contributed by atoms with Crippen LogP contribution in [-0.4, -0.2) is 31.4 Å². The number of amides is 2. The minimum Gasteiger partial charge on any atom is -0.376 e. The smallest absolute Gasteiger partial charge is 0.258 e. The van der Waals surface area contributed by atoms with Gasteiger partial charge in [-0.1, -0.05) is 35.9 Å². The van der Waals surface area contributed by atoms with Crippen LogP contribution < -0.4 is 15.5 Å². The van der Waals surface area contributed by atoms with Crippen molar-refractivity contribution in [3.05, 3.63) is 71.8 Å². The number of rotatable bonds is 9. The first-order valence-electron chi connectivity index (χ1n) is 10.8. The highest BCUT2D eigenvalue weighted by Gasteiger charge is 2.16. The van der Waals surface area contributed by atoms with E-state index >= 15 is 0 Å². The second-order valence-corrected chi connectivity index (χ2v) is 7.53. The summed E-state index contributed by atoms with van der Waals surface area (Å²) in [5.74, 6) is -0.0971. The van der Waals surface area contributed by atoms with Gasteiger partial charge in [-0.3, -0.25) is 9.59 Å². The molecule has 2 amide bonds. The molecule has 1 aliphatic carbocycles. The molecule has 0 unspecified atom stereocenters. The van der Waals surface area contributed by atoms with E-state index in [1.165, 1.54) is 24.8 Å². The van der Waals surface area contributed by atoms with Crippen molar-refractivity contribution in [1.29, 1.82) is 0 Å². The van der Waals surface area contributed by atoms with Crippen LogP contribution in [0.4, 0.5) is 11.4 Å². The second kappa shape index (κ2) is 11.2. The van der Waals surface area contributed by atoms with E-state index in [1.807, 2.05) is 49.4 Å². The summed E-state index contributed by atoms with van der Waals surface area (Å²) in [7, 11) is 0. The molecule has 0 radical (unpaired) electrons. The molecule has 0 saturated heterocycles. The molecule has 0 atom stereocenters. The molecule has 0 bridgehead atoms. The van der Waals surface area contributed by atoms with Gasteiger partial charge in [0, 0.05) is 30.0 Å². The van der Waals surface area contributed by atoms with E-state index < -0.39 is 0 Å². The zero-order valence-corrected chi connectivity index (χ0v) is 17.7. The van der Waals surface area contributed by atoms with Crippen LogP contribution in [0.2, 0.25) is 0 Å². The average molecular weight is 406 g/mol. The third kappa shape index (κ3) is 6.21. The molecule has 5 heteroatoms. The van der Waals surface area contributed by atoms with Crippen LogP contribution in [0.15, 0.2) is 66.2 Å². The monoisotopic (exact) mass is 405 g/mol. The average Bonchev–Trinajstić information content (AvgIpc) is 2.80. The molecule has 1 aliphatic rings. The number of carbonyl (C=O) groups is 2. The van der Waals surface area contributed by atoms with Crippen molar-refractivity contribution >= 4 is 23.2 Å². The lowest BCUT2D eigenvalue weighted by Crippen LogP contribution is -2.31. The zero-order chi connectivity index (χ0) is 21.2. The first-order chi connectivity index (χ1) is 14.7. The molecule has 0 aromatic heterocycles. The summed E-state index contributed by atoms with van der Waals surface area (Å²) in [6.07, 6.45) is 8.11. The highest BCUT2D eigenvalue weighted by Crippen LogP contribution is 2.20. The van der Waals surface area contributed by atoms with Gasteiger partial charge in [-0.05, 0) is 69.4 Å². The maximum absolute atomic E-state index is 13.0. The van der Waals surface area contributed by atoms with Gasteiger partial charge in [0.1, 0.15) is 0 Å². The summed E-state index contributed by atoms with van der Waals surface area (Å²) in [5, 5.41) is 6.10. The van der Waals surface area contributed by atoms with Gasteiger partial charge in [0.05, 0.1) is 6.54 Å². The molecule has 2 aromatic rings. The van der Waals surface area contributed by atoms with Crippen molar-refractivity contribution in [2.75, 3.05) is 29.9 Å². The van der Waals surface area contributed by atoms with E-state index in [9.17, 15) is 9.59 Å². The molecule has 2 N–H and O–H groups in total. The molecule has 5 nitrogen and oxygen atoms in total. The van der Waals surface area contributed by atoms with Gasteiger partial charge in [0.15, 0.2) is 0 Å². The van der Waals surface area contributed by atoms with Crippen LogP contribution in [0, 0.1) is 0 Å². The molecule has 0 heterocycles. The van der Waals surface area contributed by atoms with Crippen LogP contribution in [0.1, 0.15) is 49.4 Å². The molecule has 0 fully saturated rings. The standard InChI is InChI=1S/C25H31N3O2/c1-2-28(23-14-7-4-8-15-23)25(30)21-12-9-13-22(18-21)27-19-24(29)26-17-16-20-10-5-3-6-11-20/h4,7-10,12-15,18,27H,2-3,5-6,11,16-17,19H2,1H3,(H,26,29). The van der Waals surface area contributed by atoms with E-state index in [4.69, 9.17) is 0 Å². The molecule has 0 saturated carbocycles. The highest BCUT2D eigenvalue weighted by atomic mass is 16.2. The number of anilines is 2. The fraction of sp³-hybridized carbons (Fsp3) is 0.360. The number of benzene rings is 2. The Morgan fingerprint density at radius 3 is 2.60 bits per heavy atom. The number of allylic oxidation sites excluding steroid dienone is 1. The van der Waals surface area contributed by atoms with Crippen molar-refractivity contribution in [2.45, 2.75) is 39.0 Å². The molecule has 3 rings (SSSR count). The quantitative estimate of drug-likeness (QED) is 0.591. The van der Waals surface area contributed by atoms with E-state index in [-0.39, 0.29) is 18.4 Å². The minimum absolute atomic E-state index is 0.0393. The number of hydrogen-bond donors (Lipinski definition) is 2. The Balaban J connectivity index is 1.51. The van der Waals surface area contributed by atoms with Crippen LogP contribution in [0.25, 0.3) is 0 Å². The van der Waals surface area contributed by atoms with Crippen molar-refractivity contribution in [2.24, 2.45) is 0 Å². The van der Waals surface area contributed by atoms with Crippen molar-refractivity contribution in [3.63, 3.8) is 0 Å². The van der Waals surface area contributed by atoms with Crippen LogP contribution in [0.5, 0.6) is 0 Å². The Labute approximate surface area is 179 Å². The fourth-order valence-electron chi connectivity index (χ4n) is 3.71. The molecule has 30 heavy (non-hydrogen) atoms. The SMILES string of the molecule is CCN(C(=O)c1cccc(NCC(=O)NCCC2=CCCCC2)c1)c1ccccc1. The van der Waals surface area contributed by atoms with Gasteiger partial charge < -0.3 is 15.5 Å². The van der Waals surface area contributed by atoms with Gasteiger partial charge in [-0.2, -0.15) is 0 Å². The summed E-state index contributed by atoms with van der Waals surface area (Å²) in [6.45, 7) is 3.40. The Morgan fingerprint density at radius 1 is 1.03 bits per heavy atom. The molecular weight excluding hydrogens is 374 g/mol. The first kappa shape index (κ1) is 21.6. The summed E-state index contributed by atoms with van der Waals surface area (Å²) < 4.78 is 0. The van der Waals surface area contributed by atoms with Gasteiger partial charge in [-0.25, -0.2) is 0 Å². The first-order valence-corrected chi connectivity index (χ1v) is 10.8. The van der Waals surface area contributed by atoms with E-state index in [0.29, 0.717) is 18.7 Å². The van der Waals surface area contributed by atoms with E-state index in [0.717, 1.165) is 24.2 Å². The maximum Gasteiger partial charge on any atom is 0.258 e. The van der Waals surface area contributed by atoms with Crippen molar-refractivity contribution < 1.29 is 9.59 Å². The van der Waals surface area contributed by atoms with E-state index in [2.05, 4.69) is 16.7 Å². The number of nitrogens with zero attached hydrogens (tertiary/aromatic N) is 1. The van der Waals surface area contributed by atoms with Crippen molar-refractivity contribution in [3.8, 4) is 0 Å². The van der Waals surface area contributed by atoms with Gasteiger partial charge in [0.25, 0.3) is 5.91 Å². The second-order valence-electron chi connectivity index (χ2n) is 7.53. The maximum atomic E-state index is 13.0. The van der Waals surface area contributed by atoms with Crippen molar-refractivity contribution in [1.82, 2.24) is 5.32 Å². The largest absolute Gasteiger partial charge is 0.376 e. The third-order valence-electron chi connectivity index (χ3n) is 5.35. The number of carbonyl (C=O) groups excluding carboxylic acids is 2. The minimum atomic E-state index is -0.0578. The molecule has 0 spiro atoms. The molecule has 2 aromatic carbocycles. The topological polar surface area (TPSA) is 61.4 Å². The highest BCUT2D eigenvalue weighted by molar-refractivity contribution is 6.06. The van der Waals surface area contributed by atoms with Crippen LogP contribution in [0.3, 0.4) is 0 Å². The number of nitrogens with one attached hydrogen (secondary N) is 2. The van der Waals surface area contributed by atoms with Gasteiger partial charge >= 0.3 is 0 Å². The van der Waals surface area contributed by atoms with Gasteiger partial charge in [0.2, 0.25) is 5.91 Å². The lowest BCUT2D eigenvalue weighted by molar-refractivity contribution is -0.119. The predicted molar refractivity (Wildman–Crippen MR) is 123 cm³/mol. The Hall–Kier alpha value is -3.08. The van der Waals surface area contributed by atoms with E-state index in [1.54, 1.807) is 17.0 Å². The number of hydrogen-bond acceptors (Lipinski definition) is 3. The Kier molecular flexibility index (Phi) is 8.07. The normalized spacial score (nSPS) is 13.3. The van der Waals surface area contributed by atoms with Crippen LogP contribution in [-0.2, 0) is 4.79 Å². The molecule has 158 valence electrons. The fourth-order valence-corrected chi connectivity index (χ4v) is 3.71. The molecule has 0 aliphatic heterocycles. The lowest BCUT2D eigenvalue weighted by atomic mass is 9.97. The Bertz CT molecular complexity index is 877. The lowest BCUT2D eigenvalue weighted by Gasteiger charge is -2.21. The summed E-state index contributed by atoms with van der Waals surface area (Å²) >= 11 is 0. The summed E-state index contributed by atoms with van der Waals surface area (Å²) in [6, 6.07) is 16.9. The number of para-hydroxylation sites is 1. The van der Waals surface area contributed by atoms with Gasteiger partial charge in [-0.15, -0.1) is 0 Å². The zero-order valence-electron chi connectivity index (χ0n) is 17.7. The Morgan fingerprint density at radius 2 is 1.87 bits per heavy atom. The summed E-state index contributed by atoms with van der Waals surface area (Å²) in [4.78, 5) is 26.9. The molecular formula is C25H31N3O2. The van der Waals surface area contributed by atoms with Crippen LogP contribution >= 0.6 is 0 Å². The third-order valence-corrected chi connectivity index (χ3v) is 5.35. The summed E-state index contributed by atoms with van der Waals surface area (Å²) in [5.41, 5.74) is 3.68.